The van der Waals surface area contributed by atoms with Crippen molar-refractivity contribution in [1.82, 2.24) is 0 Å². The van der Waals surface area contributed by atoms with Crippen LogP contribution in [-0.4, -0.2) is 29.8 Å². The van der Waals surface area contributed by atoms with Crippen LogP contribution in [0.2, 0.25) is 0 Å². The van der Waals surface area contributed by atoms with Gasteiger partial charge in [0.25, 0.3) is 5.08 Å². The van der Waals surface area contributed by atoms with E-state index in [1.807, 2.05) is 6.92 Å². The predicted molar refractivity (Wildman–Crippen MR) is 62.4 cm³/mol. The van der Waals surface area contributed by atoms with Crippen molar-refractivity contribution in [2.75, 3.05) is 0 Å². The fourth-order valence-corrected chi connectivity index (χ4v) is 4.59. The molecule has 0 radical (unpaired) electrons. The average molecular weight is 336 g/mol. The minimum atomic E-state index is -5.30. The Morgan fingerprint density at radius 3 is 1.79 bits per heavy atom. The second kappa shape index (κ2) is 8.21. The van der Waals surface area contributed by atoms with Crippen LogP contribution in [0.4, 0.5) is 0 Å². The fraction of sp³-hybridized carbons (Fsp3) is 1.00. The van der Waals surface area contributed by atoms with Gasteiger partial charge in [-0.1, -0.05) is 26.2 Å². The molecule has 5 N–H and O–H groups in total. The summed E-state index contributed by atoms with van der Waals surface area (Å²) < 4.78 is 22.3. The summed E-state index contributed by atoms with van der Waals surface area (Å²) in [5, 5.41) is 6.49. The van der Waals surface area contributed by atoms with E-state index in [9.17, 15) is 14.2 Å². The Labute approximate surface area is 159 Å². The number of rotatable bonds is 4. The molecule has 1 aliphatic rings. The first-order valence-corrected chi connectivity index (χ1v) is 8.55. The van der Waals surface area contributed by atoms with Gasteiger partial charge in [0.05, 0.1) is 0 Å². The first-order chi connectivity index (χ1) is 7.49. The van der Waals surface area contributed by atoms with Crippen LogP contribution < -0.4 is 59.1 Å². The number of hydrogen-bond donors (Lipinski definition) is 5. The van der Waals surface area contributed by atoms with Crippen LogP contribution >= 0.6 is 15.2 Å². The van der Waals surface area contributed by atoms with E-state index in [2.05, 4.69) is 0 Å². The van der Waals surface area contributed by atoms with Crippen molar-refractivity contribution in [2.24, 2.45) is 11.8 Å². The second-order valence-electron chi connectivity index (χ2n) is 4.73. The minimum absolute atomic E-state index is 0. The van der Waals surface area contributed by atoms with Gasteiger partial charge in [-0.3, -0.25) is 9.13 Å². The van der Waals surface area contributed by atoms with Gasteiger partial charge in [-0.2, -0.15) is 0 Å². The largest absolute Gasteiger partial charge is 1.00 e. The van der Waals surface area contributed by atoms with E-state index in [1.54, 1.807) is 0 Å². The van der Waals surface area contributed by atoms with Gasteiger partial charge in [0.2, 0.25) is 0 Å². The van der Waals surface area contributed by atoms with E-state index >= 15 is 0 Å². The van der Waals surface area contributed by atoms with Gasteiger partial charge in [0.15, 0.2) is 0 Å². The quantitative estimate of drug-likeness (QED) is 0.256. The van der Waals surface area contributed by atoms with Gasteiger partial charge < -0.3 is 27.5 Å². The van der Waals surface area contributed by atoms with E-state index in [1.165, 1.54) is 0 Å². The van der Waals surface area contributed by atoms with Gasteiger partial charge in [-0.05, 0) is 11.8 Å². The van der Waals surface area contributed by atoms with Crippen LogP contribution in [0.3, 0.4) is 0 Å². The van der Waals surface area contributed by atoms with Crippen molar-refractivity contribution in [1.29, 1.82) is 0 Å². The second-order valence-corrected chi connectivity index (χ2v) is 8.74. The van der Waals surface area contributed by atoms with Gasteiger partial charge in [0.1, 0.15) is 0 Å². The molecule has 0 aliphatic heterocycles. The van der Waals surface area contributed by atoms with Gasteiger partial charge in [0, 0.05) is 6.42 Å². The first-order valence-electron chi connectivity index (χ1n) is 5.32. The predicted octanol–water partition coefficient (Wildman–Crippen LogP) is -4.95. The number of hydrogen-bond acceptors (Lipinski definition) is 3. The van der Waals surface area contributed by atoms with Crippen molar-refractivity contribution in [3.63, 3.8) is 0 Å². The molecule has 0 heterocycles. The van der Waals surface area contributed by atoms with E-state index < -0.39 is 26.7 Å². The molecule has 1 saturated carbocycles. The molecule has 1 fully saturated rings. The van der Waals surface area contributed by atoms with Crippen molar-refractivity contribution >= 4 is 15.2 Å². The Bertz CT molecular complexity index is 367. The Kier molecular flexibility index (Phi) is 10.2. The number of aliphatic hydroxyl groups is 1. The molecule has 0 bridgehead atoms. The molecule has 0 saturated heterocycles. The van der Waals surface area contributed by atoms with Crippen LogP contribution in [-0.2, 0) is 9.13 Å². The molecule has 2 atom stereocenters. The summed E-state index contributed by atoms with van der Waals surface area (Å²) in [6.45, 7) is 1.84. The molecule has 106 valence electrons. The van der Waals surface area contributed by atoms with Crippen LogP contribution in [0.25, 0.3) is 0 Å². The SMILES string of the molecule is CC1CCCC1CC(O)(P(=O)(O)O)P(=O)(O)O.[H-].[H-].[Na+].[Na+]. The van der Waals surface area contributed by atoms with Gasteiger partial charge in [-0.25, -0.2) is 0 Å². The van der Waals surface area contributed by atoms with Gasteiger partial charge >= 0.3 is 74.3 Å². The summed E-state index contributed by atoms with van der Waals surface area (Å²) in [6, 6.07) is 0. The fourth-order valence-electron chi connectivity index (χ4n) is 2.28. The summed E-state index contributed by atoms with van der Waals surface area (Å²) in [7, 11) is -10.6. The van der Waals surface area contributed by atoms with E-state index in [4.69, 9.17) is 19.6 Å². The maximum absolute atomic E-state index is 11.1. The van der Waals surface area contributed by atoms with Crippen molar-refractivity contribution < 1.29 is 95.8 Å². The van der Waals surface area contributed by atoms with Crippen LogP contribution in [0, 0.1) is 11.8 Å². The molecule has 0 aromatic rings. The Morgan fingerprint density at radius 2 is 1.53 bits per heavy atom. The summed E-state index contributed by atoms with van der Waals surface area (Å²) in [5.74, 6) is -0.181. The summed E-state index contributed by atoms with van der Waals surface area (Å²) in [6.07, 6.45) is 1.72. The normalized spacial score (nSPS) is 24.5. The molecule has 11 heteroatoms. The zero-order chi connectivity index (χ0) is 13.5. The molecular weight excluding hydrogens is 316 g/mol. The smallest absolute Gasteiger partial charge is 1.00 e. The first kappa shape index (κ1) is 23.5. The Morgan fingerprint density at radius 1 is 1.11 bits per heavy atom. The zero-order valence-electron chi connectivity index (χ0n) is 13.4. The molecule has 0 aromatic carbocycles. The minimum Gasteiger partial charge on any atom is -1.00 e. The van der Waals surface area contributed by atoms with Crippen LogP contribution in [0.1, 0.15) is 35.5 Å². The molecule has 0 amide bonds. The van der Waals surface area contributed by atoms with Crippen molar-refractivity contribution in [2.45, 2.75) is 37.7 Å². The zero-order valence-corrected chi connectivity index (χ0v) is 17.2. The maximum atomic E-state index is 11.1. The third-order valence-electron chi connectivity index (χ3n) is 3.51. The van der Waals surface area contributed by atoms with E-state index in [0.717, 1.165) is 12.8 Å². The summed E-state index contributed by atoms with van der Waals surface area (Å²) in [4.78, 5) is 36.0. The standard InChI is InChI=1S/C8H18O7P2.2Na.2H/c1-6-3-2-4-7(6)5-8(9,16(10,11)12)17(13,14)15;;;;/h6-7,9H,2-5H2,1H3,(H2,10,11,12)(H2,13,14,15);;;;/q;2*+1;2*-1. The van der Waals surface area contributed by atoms with E-state index in [-0.39, 0.29) is 73.8 Å². The van der Waals surface area contributed by atoms with Crippen LogP contribution in [0.5, 0.6) is 0 Å². The molecule has 2 unspecified atom stereocenters. The molecule has 0 aromatic heterocycles. The van der Waals surface area contributed by atoms with Crippen molar-refractivity contribution in [3.8, 4) is 0 Å². The third kappa shape index (κ3) is 5.43. The van der Waals surface area contributed by atoms with Crippen LogP contribution in [0.15, 0.2) is 0 Å². The third-order valence-corrected chi connectivity index (χ3v) is 7.30. The topological polar surface area (TPSA) is 135 Å². The summed E-state index contributed by atoms with van der Waals surface area (Å²) >= 11 is 0. The monoisotopic (exact) mass is 336 g/mol. The maximum Gasteiger partial charge on any atom is 1.00 e. The summed E-state index contributed by atoms with van der Waals surface area (Å²) in [5.41, 5.74) is 0. The molecule has 19 heavy (non-hydrogen) atoms. The Balaban J connectivity index is -0.000000361. The molecule has 1 aliphatic carbocycles. The molecular formula is C8H20Na2O7P2. The molecule has 7 nitrogen and oxygen atoms in total. The van der Waals surface area contributed by atoms with Crippen molar-refractivity contribution in [3.05, 3.63) is 0 Å². The molecule has 0 spiro atoms. The molecule has 1 rings (SSSR count). The average Bonchev–Trinajstić information content (AvgIpc) is 2.47. The van der Waals surface area contributed by atoms with Gasteiger partial charge in [-0.15, -0.1) is 0 Å². The Hall–Kier alpha value is 2.26. The van der Waals surface area contributed by atoms with E-state index in [0.29, 0.717) is 6.42 Å².